The van der Waals surface area contributed by atoms with E-state index in [9.17, 15) is 9.59 Å². The van der Waals surface area contributed by atoms with E-state index in [1.165, 1.54) is 0 Å². The molecule has 2 aromatic carbocycles. The van der Waals surface area contributed by atoms with Crippen LogP contribution in [0.3, 0.4) is 0 Å². The summed E-state index contributed by atoms with van der Waals surface area (Å²) in [5, 5.41) is 7.29. The van der Waals surface area contributed by atoms with E-state index in [0.29, 0.717) is 28.8 Å². The minimum absolute atomic E-state index is 0.0325. The Morgan fingerprint density at radius 2 is 2.03 bits per heavy atom. The largest absolute Gasteiger partial charge is 0.343 e. The summed E-state index contributed by atoms with van der Waals surface area (Å²) >= 11 is 6.31. The maximum absolute atomic E-state index is 12.6. The third-order valence-electron chi connectivity index (χ3n) is 4.87. The van der Waals surface area contributed by atoms with Crippen LogP contribution < -0.4 is 10.2 Å². The lowest BCUT2D eigenvalue weighted by Crippen LogP contribution is -2.25. The zero-order chi connectivity index (χ0) is 20.4. The van der Waals surface area contributed by atoms with Gasteiger partial charge in [-0.2, -0.15) is 4.98 Å². The smallest absolute Gasteiger partial charge is 0.251 e. The lowest BCUT2D eigenvalue weighted by atomic mass is 10.1. The van der Waals surface area contributed by atoms with Gasteiger partial charge in [0.25, 0.3) is 5.91 Å². The van der Waals surface area contributed by atoms with Crippen molar-refractivity contribution in [3.8, 4) is 0 Å². The minimum Gasteiger partial charge on any atom is -0.343 e. The molecule has 1 aliphatic heterocycles. The van der Waals surface area contributed by atoms with Gasteiger partial charge in [-0.15, -0.1) is 0 Å². The molecule has 1 fully saturated rings. The van der Waals surface area contributed by atoms with Crippen LogP contribution in [0.2, 0.25) is 5.02 Å². The van der Waals surface area contributed by atoms with Crippen molar-refractivity contribution < 1.29 is 14.1 Å². The summed E-state index contributed by atoms with van der Waals surface area (Å²) in [4.78, 5) is 30.7. The molecule has 3 aromatic rings. The fraction of sp³-hybridized carbons (Fsp3) is 0.238. The molecule has 2 heterocycles. The van der Waals surface area contributed by atoms with Gasteiger partial charge in [0.05, 0.1) is 17.3 Å². The number of nitrogens with zero attached hydrogens (tertiary/aromatic N) is 3. The van der Waals surface area contributed by atoms with Gasteiger partial charge in [-0.1, -0.05) is 47.1 Å². The standard InChI is InChI=1S/C21H19ClN4O3/c1-13-6-5-9-16(22)19(13)26-12-15(10-18(26)27)20-24-17(29-25-20)11-23-21(28)14-7-3-2-4-8-14/h2-9,15H,10-12H2,1H3,(H,23,28). The Balaban J connectivity index is 1.42. The van der Waals surface area contributed by atoms with E-state index in [1.54, 1.807) is 35.2 Å². The zero-order valence-corrected chi connectivity index (χ0v) is 16.5. The predicted octanol–water partition coefficient (Wildman–Crippen LogP) is 3.48. The fourth-order valence-electron chi connectivity index (χ4n) is 3.41. The van der Waals surface area contributed by atoms with Crippen LogP contribution in [0.15, 0.2) is 53.1 Å². The number of carbonyl (C=O) groups excluding carboxylic acids is 2. The number of amides is 2. The number of halogens is 1. The molecule has 0 bridgehead atoms. The van der Waals surface area contributed by atoms with Crippen molar-refractivity contribution in [2.45, 2.75) is 25.8 Å². The van der Waals surface area contributed by atoms with Gasteiger partial charge < -0.3 is 14.7 Å². The summed E-state index contributed by atoms with van der Waals surface area (Å²) in [7, 11) is 0. The van der Waals surface area contributed by atoms with Gasteiger partial charge in [0, 0.05) is 24.4 Å². The SMILES string of the molecule is Cc1cccc(Cl)c1N1CC(c2noc(CNC(=O)c3ccccc3)n2)CC1=O. The first kappa shape index (κ1) is 19.1. The van der Waals surface area contributed by atoms with Crippen LogP contribution in [0.4, 0.5) is 5.69 Å². The van der Waals surface area contributed by atoms with Crippen LogP contribution in [0.1, 0.15) is 40.0 Å². The summed E-state index contributed by atoms with van der Waals surface area (Å²) in [5.41, 5.74) is 2.21. The van der Waals surface area contributed by atoms with E-state index in [1.807, 2.05) is 25.1 Å². The van der Waals surface area contributed by atoms with Crippen molar-refractivity contribution in [1.82, 2.24) is 15.5 Å². The topological polar surface area (TPSA) is 88.3 Å². The van der Waals surface area contributed by atoms with Crippen LogP contribution >= 0.6 is 11.6 Å². The average molecular weight is 411 g/mol. The molecule has 0 saturated carbocycles. The van der Waals surface area contributed by atoms with Crippen LogP contribution in [0.5, 0.6) is 0 Å². The molecular weight excluding hydrogens is 392 g/mol. The van der Waals surface area contributed by atoms with Crippen molar-refractivity contribution in [1.29, 1.82) is 0 Å². The molecule has 4 rings (SSSR count). The van der Waals surface area contributed by atoms with Crippen molar-refractivity contribution in [3.05, 3.63) is 76.4 Å². The Morgan fingerprint density at radius 1 is 1.24 bits per heavy atom. The molecule has 1 atom stereocenters. The van der Waals surface area contributed by atoms with Crippen molar-refractivity contribution >= 4 is 29.1 Å². The van der Waals surface area contributed by atoms with E-state index >= 15 is 0 Å². The molecule has 1 unspecified atom stereocenters. The van der Waals surface area contributed by atoms with Crippen LogP contribution in [-0.4, -0.2) is 28.5 Å². The Kier molecular flexibility index (Phi) is 5.31. The fourth-order valence-corrected chi connectivity index (χ4v) is 3.74. The van der Waals surface area contributed by atoms with Gasteiger partial charge in [0.2, 0.25) is 11.8 Å². The van der Waals surface area contributed by atoms with E-state index in [2.05, 4.69) is 15.5 Å². The Labute approximate surface area is 172 Å². The molecule has 1 saturated heterocycles. The molecule has 0 radical (unpaired) electrons. The first-order valence-corrected chi connectivity index (χ1v) is 9.62. The summed E-state index contributed by atoms with van der Waals surface area (Å²) in [5.74, 6) is 0.302. The quantitative estimate of drug-likeness (QED) is 0.695. The second-order valence-electron chi connectivity index (χ2n) is 6.91. The number of para-hydroxylation sites is 1. The summed E-state index contributed by atoms with van der Waals surface area (Å²) in [6.07, 6.45) is 0.278. The van der Waals surface area contributed by atoms with Gasteiger partial charge in [-0.05, 0) is 30.7 Å². The maximum atomic E-state index is 12.6. The molecule has 1 aromatic heterocycles. The van der Waals surface area contributed by atoms with Crippen molar-refractivity contribution in [2.24, 2.45) is 0 Å². The first-order valence-electron chi connectivity index (χ1n) is 9.24. The Hall–Kier alpha value is -3.19. The van der Waals surface area contributed by atoms with Gasteiger partial charge >= 0.3 is 0 Å². The second-order valence-corrected chi connectivity index (χ2v) is 7.31. The minimum atomic E-state index is -0.221. The molecular formula is C21H19ClN4O3. The summed E-state index contributed by atoms with van der Waals surface area (Å²) in [6.45, 7) is 2.47. The Bertz CT molecular complexity index is 1030. The molecule has 0 aliphatic carbocycles. The normalized spacial score (nSPS) is 16.3. The molecule has 1 N–H and O–H groups in total. The second kappa shape index (κ2) is 8.05. The molecule has 148 valence electrons. The van der Waals surface area contributed by atoms with E-state index in [0.717, 1.165) is 11.3 Å². The first-order chi connectivity index (χ1) is 14.0. The number of aryl methyl sites for hydroxylation is 1. The number of anilines is 1. The van der Waals surface area contributed by atoms with Gasteiger partial charge in [-0.3, -0.25) is 9.59 Å². The highest BCUT2D eigenvalue weighted by Gasteiger charge is 2.36. The maximum Gasteiger partial charge on any atom is 0.251 e. The van der Waals surface area contributed by atoms with Crippen molar-refractivity contribution in [3.63, 3.8) is 0 Å². The highest BCUT2D eigenvalue weighted by atomic mass is 35.5. The number of nitrogens with one attached hydrogen (secondary N) is 1. The van der Waals surface area contributed by atoms with Gasteiger partial charge in [-0.25, -0.2) is 0 Å². The third kappa shape index (κ3) is 4.00. The van der Waals surface area contributed by atoms with E-state index < -0.39 is 0 Å². The summed E-state index contributed by atoms with van der Waals surface area (Å²) < 4.78 is 5.26. The molecule has 8 heteroatoms. The predicted molar refractivity (Wildman–Crippen MR) is 108 cm³/mol. The van der Waals surface area contributed by atoms with Gasteiger partial charge in [0.1, 0.15) is 0 Å². The third-order valence-corrected chi connectivity index (χ3v) is 5.17. The highest BCUT2D eigenvalue weighted by molar-refractivity contribution is 6.34. The van der Waals surface area contributed by atoms with Crippen molar-refractivity contribution in [2.75, 3.05) is 11.4 Å². The number of rotatable bonds is 5. The number of benzene rings is 2. The molecule has 7 nitrogen and oxygen atoms in total. The molecule has 2 amide bonds. The zero-order valence-electron chi connectivity index (χ0n) is 15.8. The molecule has 0 spiro atoms. The number of carbonyl (C=O) groups is 2. The monoisotopic (exact) mass is 410 g/mol. The van der Waals surface area contributed by atoms with Crippen LogP contribution in [0.25, 0.3) is 0 Å². The van der Waals surface area contributed by atoms with Crippen LogP contribution in [-0.2, 0) is 11.3 Å². The lowest BCUT2D eigenvalue weighted by molar-refractivity contribution is -0.117. The highest BCUT2D eigenvalue weighted by Crippen LogP contribution is 2.36. The van der Waals surface area contributed by atoms with Crippen LogP contribution in [0, 0.1) is 6.92 Å². The Morgan fingerprint density at radius 3 is 2.79 bits per heavy atom. The average Bonchev–Trinajstić information content (AvgIpc) is 3.34. The van der Waals surface area contributed by atoms with Gasteiger partial charge in [0.15, 0.2) is 5.82 Å². The lowest BCUT2D eigenvalue weighted by Gasteiger charge is -2.20. The van der Waals surface area contributed by atoms with E-state index in [4.69, 9.17) is 16.1 Å². The molecule has 29 heavy (non-hydrogen) atoms. The summed E-state index contributed by atoms with van der Waals surface area (Å²) in [6, 6.07) is 14.4. The number of hydrogen-bond acceptors (Lipinski definition) is 5. The number of hydrogen-bond donors (Lipinski definition) is 1. The molecule has 1 aliphatic rings. The van der Waals surface area contributed by atoms with E-state index in [-0.39, 0.29) is 30.7 Å². The number of aromatic nitrogens is 2.